The van der Waals surface area contributed by atoms with Crippen molar-refractivity contribution in [2.45, 2.75) is 90.9 Å². The van der Waals surface area contributed by atoms with Gasteiger partial charge in [-0.2, -0.15) is 0 Å². The Labute approximate surface area is 115 Å². The molecule has 0 saturated heterocycles. The smallest absolute Gasteiger partial charge is 0.0280 e. The van der Waals surface area contributed by atoms with Crippen molar-refractivity contribution in [3.63, 3.8) is 0 Å². The molecule has 1 aliphatic carbocycles. The minimum atomic E-state index is 1.34. The molecule has 0 aromatic carbocycles. The van der Waals surface area contributed by atoms with Gasteiger partial charge in [0.15, 0.2) is 0 Å². The molecule has 0 heteroatoms. The SMILES string of the molecule is CCCCCCC1=CC=C(CCCCCC)CC1. The number of hydrogen-bond donors (Lipinski definition) is 0. The van der Waals surface area contributed by atoms with Gasteiger partial charge >= 0.3 is 0 Å². The summed E-state index contributed by atoms with van der Waals surface area (Å²) in [4.78, 5) is 0. The Hall–Kier alpha value is -0.520. The van der Waals surface area contributed by atoms with E-state index < -0.39 is 0 Å². The topological polar surface area (TPSA) is 0 Å². The lowest BCUT2D eigenvalue weighted by Crippen LogP contribution is -1.95. The second kappa shape index (κ2) is 10.4. The van der Waals surface area contributed by atoms with Crippen molar-refractivity contribution >= 4 is 0 Å². The molecule has 104 valence electrons. The zero-order chi connectivity index (χ0) is 13.1. The maximum atomic E-state index is 2.42. The largest absolute Gasteiger partial charge is 0.0699 e. The van der Waals surface area contributed by atoms with E-state index in [4.69, 9.17) is 0 Å². The van der Waals surface area contributed by atoms with Crippen LogP contribution in [0.1, 0.15) is 90.9 Å². The van der Waals surface area contributed by atoms with Crippen LogP contribution in [0.3, 0.4) is 0 Å². The van der Waals surface area contributed by atoms with Crippen molar-refractivity contribution in [1.82, 2.24) is 0 Å². The van der Waals surface area contributed by atoms with Gasteiger partial charge in [0, 0.05) is 0 Å². The number of allylic oxidation sites excluding steroid dienone is 4. The Bertz CT molecular complexity index is 229. The van der Waals surface area contributed by atoms with Gasteiger partial charge in [-0.3, -0.25) is 0 Å². The molecule has 0 N–H and O–H groups in total. The quantitative estimate of drug-likeness (QED) is 0.383. The molecular weight excluding hydrogens is 216 g/mol. The van der Waals surface area contributed by atoms with Crippen LogP contribution in [0, 0.1) is 0 Å². The molecule has 0 atom stereocenters. The standard InChI is InChI=1S/C18H32/c1-3-5-7-9-11-17-13-15-18(16-14-17)12-10-8-6-4-2/h13,15H,3-12,14,16H2,1-2H3. The van der Waals surface area contributed by atoms with Crippen LogP contribution >= 0.6 is 0 Å². The Kier molecular flexibility index (Phi) is 8.98. The molecular formula is C18H32. The molecule has 18 heavy (non-hydrogen) atoms. The molecule has 1 rings (SSSR count). The number of hydrogen-bond acceptors (Lipinski definition) is 0. The lowest BCUT2D eigenvalue weighted by Gasteiger charge is -2.14. The first-order valence-corrected chi connectivity index (χ1v) is 8.24. The van der Waals surface area contributed by atoms with E-state index in [-0.39, 0.29) is 0 Å². The molecule has 0 heterocycles. The van der Waals surface area contributed by atoms with E-state index in [1.807, 2.05) is 0 Å². The van der Waals surface area contributed by atoms with Gasteiger partial charge in [-0.25, -0.2) is 0 Å². The third-order valence-electron chi connectivity index (χ3n) is 4.02. The number of rotatable bonds is 10. The fourth-order valence-corrected chi connectivity index (χ4v) is 2.70. The average Bonchev–Trinajstić information content (AvgIpc) is 2.41. The lowest BCUT2D eigenvalue weighted by molar-refractivity contribution is 0.635. The molecule has 0 fully saturated rings. The van der Waals surface area contributed by atoms with E-state index in [0.717, 1.165) is 0 Å². The second-order valence-corrected chi connectivity index (χ2v) is 5.77. The molecule has 0 saturated carbocycles. The van der Waals surface area contributed by atoms with E-state index in [1.165, 1.54) is 77.0 Å². The van der Waals surface area contributed by atoms with E-state index in [1.54, 1.807) is 11.1 Å². The highest BCUT2D eigenvalue weighted by molar-refractivity contribution is 5.23. The van der Waals surface area contributed by atoms with Crippen LogP contribution in [-0.2, 0) is 0 Å². The summed E-state index contributed by atoms with van der Waals surface area (Å²) < 4.78 is 0. The van der Waals surface area contributed by atoms with E-state index >= 15 is 0 Å². The van der Waals surface area contributed by atoms with Crippen molar-refractivity contribution < 1.29 is 0 Å². The van der Waals surface area contributed by atoms with E-state index in [9.17, 15) is 0 Å². The molecule has 0 aromatic rings. The third-order valence-corrected chi connectivity index (χ3v) is 4.02. The fraction of sp³-hybridized carbons (Fsp3) is 0.778. The first-order valence-electron chi connectivity index (χ1n) is 8.24. The Morgan fingerprint density at radius 1 is 0.667 bits per heavy atom. The fourth-order valence-electron chi connectivity index (χ4n) is 2.70. The molecule has 0 bridgehead atoms. The highest BCUT2D eigenvalue weighted by Gasteiger charge is 2.06. The van der Waals surface area contributed by atoms with Crippen LogP contribution in [0.4, 0.5) is 0 Å². The summed E-state index contributed by atoms with van der Waals surface area (Å²) in [7, 11) is 0. The van der Waals surface area contributed by atoms with Crippen molar-refractivity contribution in [3.8, 4) is 0 Å². The van der Waals surface area contributed by atoms with Gasteiger partial charge in [0.1, 0.15) is 0 Å². The van der Waals surface area contributed by atoms with Gasteiger partial charge in [-0.15, -0.1) is 0 Å². The minimum Gasteiger partial charge on any atom is -0.0699 e. The number of unbranched alkanes of at least 4 members (excludes halogenated alkanes) is 6. The third kappa shape index (κ3) is 7.03. The van der Waals surface area contributed by atoms with Crippen LogP contribution < -0.4 is 0 Å². The van der Waals surface area contributed by atoms with Crippen molar-refractivity contribution in [3.05, 3.63) is 23.3 Å². The molecule has 0 amide bonds. The average molecular weight is 248 g/mol. The zero-order valence-corrected chi connectivity index (χ0v) is 12.6. The Morgan fingerprint density at radius 2 is 1.11 bits per heavy atom. The summed E-state index contributed by atoms with van der Waals surface area (Å²) in [6.07, 6.45) is 21.4. The van der Waals surface area contributed by atoms with Crippen molar-refractivity contribution in [2.75, 3.05) is 0 Å². The lowest BCUT2D eigenvalue weighted by atomic mass is 9.92. The first-order chi connectivity index (χ1) is 8.86. The van der Waals surface area contributed by atoms with Crippen LogP contribution in [-0.4, -0.2) is 0 Å². The van der Waals surface area contributed by atoms with Crippen LogP contribution in [0.25, 0.3) is 0 Å². The molecule has 0 aromatic heterocycles. The molecule has 0 nitrogen and oxygen atoms in total. The summed E-state index contributed by atoms with van der Waals surface area (Å²) in [6.45, 7) is 4.57. The van der Waals surface area contributed by atoms with E-state index in [0.29, 0.717) is 0 Å². The summed E-state index contributed by atoms with van der Waals surface area (Å²) in [5.41, 5.74) is 3.40. The minimum absolute atomic E-state index is 1.34. The normalized spacial score (nSPS) is 15.4. The van der Waals surface area contributed by atoms with Crippen molar-refractivity contribution in [1.29, 1.82) is 0 Å². The molecule has 0 spiro atoms. The van der Waals surface area contributed by atoms with Gasteiger partial charge in [-0.1, -0.05) is 75.7 Å². The van der Waals surface area contributed by atoms with Gasteiger partial charge in [0.05, 0.1) is 0 Å². The summed E-state index contributed by atoms with van der Waals surface area (Å²) >= 11 is 0. The predicted octanol–water partition coefficient (Wildman–Crippen LogP) is 6.57. The Morgan fingerprint density at radius 3 is 1.44 bits per heavy atom. The summed E-state index contributed by atoms with van der Waals surface area (Å²) in [5.74, 6) is 0. The summed E-state index contributed by atoms with van der Waals surface area (Å²) in [5, 5.41) is 0. The van der Waals surface area contributed by atoms with Crippen molar-refractivity contribution in [2.24, 2.45) is 0 Å². The maximum absolute atomic E-state index is 2.42. The van der Waals surface area contributed by atoms with Crippen LogP contribution in [0.5, 0.6) is 0 Å². The van der Waals surface area contributed by atoms with E-state index in [2.05, 4.69) is 26.0 Å². The summed E-state index contributed by atoms with van der Waals surface area (Å²) in [6, 6.07) is 0. The van der Waals surface area contributed by atoms with Gasteiger partial charge < -0.3 is 0 Å². The highest BCUT2D eigenvalue weighted by Crippen LogP contribution is 2.25. The first kappa shape index (κ1) is 15.5. The Balaban J connectivity index is 2.14. The van der Waals surface area contributed by atoms with Crippen LogP contribution in [0.2, 0.25) is 0 Å². The second-order valence-electron chi connectivity index (χ2n) is 5.77. The highest BCUT2D eigenvalue weighted by atomic mass is 14.1. The monoisotopic (exact) mass is 248 g/mol. The zero-order valence-electron chi connectivity index (χ0n) is 12.6. The molecule has 0 radical (unpaired) electrons. The molecule has 0 aliphatic heterocycles. The predicted molar refractivity (Wildman–Crippen MR) is 82.9 cm³/mol. The molecule has 1 aliphatic rings. The maximum Gasteiger partial charge on any atom is -0.0280 e. The molecule has 0 unspecified atom stereocenters. The van der Waals surface area contributed by atoms with Gasteiger partial charge in [0.25, 0.3) is 0 Å². The van der Waals surface area contributed by atoms with Gasteiger partial charge in [-0.05, 0) is 38.5 Å². The van der Waals surface area contributed by atoms with Gasteiger partial charge in [0.2, 0.25) is 0 Å². The van der Waals surface area contributed by atoms with Crippen LogP contribution in [0.15, 0.2) is 23.3 Å².